The van der Waals surface area contributed by atoms with E-state index in [9.17, 15) is 30.3 Å². The molecule has 2 unspecified atom stereocenters. The number of rotatable bonds is 6. The van der Waals surface area contributed by atoms with Crippen molar-refractivity contribution in [3.8, 4) is 0 Å². The Morgan fingerprint density at radius 1 is 1.03 bits per heavy atom. The Bertz CT molecular complexity index is 949. The lowest BCUT2D eigenvalue weighted by Gasteiger charge is -2.42. The molecule has 1 aromatic rings. The summed E-state index contributed by atoms with van der Waals surface area (Å²) in [5.74, 6) is -3.58. The van der Waals surface area contributed by atoms with Crippen LogP contribution in [-0.4, -0.2) is 93.1 Å². The first-order valence-corrected chi connectivity index (χ1v) is 11.0. The van der Waals surface area contributed by atoms with Crippen molar-refractivity contribution in [3.63, 3.8) is 0 Å². The number of ether oxygens (including phenoxy) is 5. The average molecular weight is 478 g/mol. The summed E-state index contributed by atoms with van der Waals surface area (Å²) in [4.78, 5) is 12.6. The quantitative estimate of drug-likeness (QED) is 0.186. The fraction of sp³-hybridized carbons (Fsp3) is 0.522. The maximum absolute atomic E-state index is 12.6. The van der Waals surface area contributed by atoms with Gasteiger partial charge >= 0.3 is 5.97 Å². The highest BCUT2D eigenvalue weighted by Gasteiger charge is 2.79. The largest absolute Gasteiger partial charge is 0.472 e. The molecule has 0 radical (unpaired) electrons. The molecule has 3 heterocycles. The monoisotopic (exact) mass is 478 g/mol. The first kappa shape index (κ1) is 23.4. The number of aliphatic hydroxyl groups is 5. The van der Waals surface area contributed by atoms with Crippen molar-refractivity contribution >= 4 is 12.0 Å². The molecule has 1 aromatic carbocycles. The van der Waals surface area contributed by atoms with Gasteiger partial charge in [-0.15, -0.1) is 0 Å². The maximum Gasteiger partial charge on any atom is 0.333 e. The summed E-state index contributed by atoms with van der Waals surface area (Å²) in [6.45, 7) is -0.624. The highest BCUT2D eigenvalue weighted by molar-refractivity contribution is 5.87. The minimum Gasteiger partial charge on any atom is -0.472 e. The summed E-state index contributed by atoms with van der Waals surface area (Å²) in [5, 5.41) is 50.4. The normalized spacial score (nSPS) is 44.9. The zero-order valence-corrected chi connectivity index (χ0v) is 17.9. The Kier molecular flexibility index (Phi) is 6.21. The number of carbonyl (C=O) groups excluding carboxylic acids is 1. The second kappa shape index (κ2) is 9.02. The molecule has 1 aliphatic carbocycles. The van der Waals surface area contributed by atoms with Gasteiger partial charge in [0.2, 0.25) is 6.29 Å². The van der Waals surface area contributed by atoms with E-state index < -0.39 is 79.4 Å². The third-order valence-corrected chi connectivity index (χ3v) is 6.63. The van der Waals surface area contributed by atoms with Gasteiger partial charge in [-0.1, -0.05) is 30.3 Å². The van der Waals surface area contributed by atoms with E-state index in [1.54, 1.807) is 12.2 Å². The smallest absolute Gasteiger partial charge is 0.333 e. The van der Waals surface area contributed by atoms with Crippen LogP contribution in [0, 0.1) is 11.8 Å². The molecule has 34 heavy (non-hydrogen) atoms. The van der Waals surface area contributed by atoms with Crippen LogP contribution in [0.3, 0.4) is 0 Å². The lowest BCUT2D eigenvalue weighted by atomic mass is 9.90. The van der Waals surface area contributed by atoms with Crippen LogP contribution in [0.4, 0.5) is 0 Å². The van der Waals surface area contributed by atoms with Crippen LogP contribution in [0.5, 0.6) is 0 Å². The SMILES string of the molecule is O=C(/C=C/c1ccccc1)O[C@@]12O[C@@H]1[C@@H](O)C1C=CO[C@@H](O[C@H]3O[C@H](CO)[C@@H](O)[C@H](O)[C@H]3O)C12. The van der Waals surface area contributed by atoms with Gasteiger partial charge in [-0.05, 0) is 17.7 Å². The second-order valence-corrected chi connectivity index (χ2v) is 8.69. The lowest BCUT2D eigenvalue weighted by molar-refractivity contribution is -0.348. The van der Waals surface area contributed by atoms with E-state index in [1.165, 1.54) is 12.3 Å². The molecule has 2 saturated heterocycles. The Morgan fingerprint density at radius 2 is 1.79 bits per heavy atom. The van der Waals surface area contributed by atoms with Crippen LogP contribution in [-0.2, 0) is 28.5 Å². The first-order valence-electron chi connectivity index (χ1n) is 11.0. The molecule has 0 spiro atoms. The van der Waals surface area contributed by atoms with Crippen molar-refractivity contribution in [2.75, 3.05) is 6.61 Å². The fourth-order valence-corrected chi connectivity index (χ4v) is 4.82. The van der Waals surface area contributed by atoms with Crippen LogP contribution in [0.2, 0.25) is 0 Å². The molecule has 3 fully saturated rings. The van der Waals surface area contributed by atoms with E-state index in [4.69, 9.17) is 23.7 Å². The molecule has 0 aromatic heterocycles. The predicted molar refractivity (Wildman–Crippen MR) is 111 cm³/mol. The molecule has 5 rings (SSSR count). The summed E-state index contributed by atoms with van der Waals surface area (Å²) in [5.41, 5.74) is 0.794. The maximum atomic E-state index is 12.6. The summed E-state index contributed by atoms with van der Waals surface area (Å²) in [7, 11) is 0. The van der Waals surface area contributed by atoms with Gasteiger partial charge in [0.1, 0.15) is 24.4 Å². The molecule has 11 nitrogen and oxygen atoms in total. The Morgan fingerprint density at radius 3 is 2.53 bits per heavy atom. The first-order chi connectivity index (χ1) is 16.4. The van der Waals surface area contributed by atoms with Gasteiger partial charge in [0.05, 0.1) is 24.9 Å². The molecule has 1 saturated carbocycles. The lowest BCUT2D eigenvalue weighted by Crippen LogP contribution is -2.60. The fourth-order valence-electron chi connectivity index (χ4n) is 4.82. The topological polar surface area (TPSA) is 168 Å². The summed E-state index contributed by atoms with van der Waals surface area (Å²) in [6, 6.07) is 9.14. The molecule has 0 bridgehead atoms. The van der Waals surface area contributed by atoms with E-state index in [0.29, 0.717) is 0 Å². The van der Waals surface area contributed by atoms with E-state index in [1.807, 2.05) is 30.3 Å². The van der Waals surface area contributed by atoms with Crippen LogP contribution in [0.15, 0.2) is 48.7 Å². The highest BCUT2D eigenvalue weighted by atomic mass is 16.8. The van der Waals surface area contributed by atoms with Crippen LogP contribution >= 0.6 is 0 Å². The van der Waals surface area contributed by atoms with Crippen molar-refractivity contribution in [3.05, 3.63) is 54.3 Å². The molecule has 11 heteroatoms. The minimum absolute atomic E-state index is 0.548. The Labute approximate surface area is 194 Å². The van der Waals surface area contributed by atoms with E-state index >= 15 is 0 Å². The number of hydrogen-bond acceptors (Lipinski definition) is 11. The molecular weight excluding hydrogens is 452 g/mol. The number of benzene rings is 1. The number of esters is 1. The highest BCUT2D eigenvalue weighted by Crippen LogP contribution is 2.60. The molecule has 11 atom stereocenters. The van der Waals surface area contributed by atoms with Gasteiger partial charge in [0, 0.05) is 12.0 Å². The molecule has 3 aliphatic heterocycles. The molecule has 4 aliphatic rings. The number of aliphatic hydroxyl groups excluding tert-OH is 5. The standard InChI is InChI=1S/C23H26O11/c24-10-13-17(27)18(28)19(29)22(31-13)32-21-15-12(8-9-30-21)16(26)20-23(15,34-20)33-14(25)7-6-11-4-2-1-3-5-11/h1-9,12-13,15-22,24,26-29H,10H2/b7-6+/t12?,13-,15?,16+,17-,18+,19-,20-,21+,22-,23+/m1/s1. The van der Waals surface area contributed by atoms with Crippen molar-refractivity contribution in [2.45, 2.75) is 55.0 Å². The van der Waals surface area contributed by atoms with E-state index in [-0.39, 0.29) is 0 Å². The van der Waals surface area contributed by atoms with Crippen molar-refractivity contribution in [2.24, 2.45) is 11.8 Å². The Hall–Kier alpha value is -2.35. The van der Waals surface area contributed by atoms with Gasteiger partial charge in [-0.2, -0.15) is 0 Å². The second-order valence-electron chi connectivity index (χ2n) is 8.69. The Balaban J connectivity index is 1.33. The minimum atomic E-state index is -1.65. The zero-order valence-electron chi connectivity index (χ0n) is 17.9. The van der Waals surface area contributed by atoms with Crippen LogP contribution in [0.25, 0.3) is 6.08 Å². The van der Waals surface area contributed by atoms with Gasteiger partial charge in [0.25, 0.3) is 5.79 Å². The molecular formula is C23H26O11. The van der Waals surface area contributed by atoms with Crippen LogP contribution < -0.4 is 0 Å². The van der Waals surface area contributed by atoms with Gasteiger partial charge in [0.15, 0.2) is 12.4 Å². The average Bonchev–Trinajstić information content (AvgIpc) is 3.51. The van der Waals surface area contributed by atoms with E-state index in [0.717, 1.165) is 5.56 Å². The number of fused-ring (bicyclic) bond motifs is 3. The number of hydrogen-bond donors (Lipinski definition) is 5. The van der Waals surface area contributed by atoms with Gasteiger partial charge in [-0.25, -0.2) is 4.79 Å². The third-order valence-electron chi connectivity index (χ3n) is 6.63. The van der Waals surface area contributed by atoms with E-state index in [2.05, 4.69) is 0 Å². The molecule has 0 amide bonds. The third kappa shape index (κ3) is 3.93. The van der Waals surface area contributed by atoms with Gasteiger partial charge in [-0.3, -0.25) is 0 Å². The number of carbonyl (C=O) groups is 1. The summed E-state index contributed by atoms with van der Waals surface area (Å²) < 4.78 is 28.0. The van der Waals surface area contributed by atoms with Crippen LogP contribution in [0.1, 0.15) is 5.56 Å². The summed E-state index contributed by atoms with van der Waals surface area (Å²) >= 11 is 0. The predicted octanol–water partition coefficient (Wildman–Crippen LogP) is -1.37. The van der Waals surface area contributed by atoms with Crippen molar-refractivity contribution in [1.82, 2.24) is 0 Å². The number of epoxide rings is 1. The molecule has 184 valence electrons. The molecule has 5 N–H and O–H groups in total. The van der Waals surface area contributed by atoms with Crippen molar-refractivity contribution in [1.29, 1.82) is 0 Å². The zero-order chi connectivity index (χ0) is 24.0. The summed E-state index contributed by atoms with van der Waals surface area (Å²) in [6.07, 6.45) is -4.75. The van der Waals surface area contributed by atoms with Gasteiger partial charge < -0.3 is 49.2 Å². The van der Waals surface area contributed by atoms with Crippen molar-refractivity contribution < 1.29 is 54.0 Å².